The van der Waals surface area contributed by atoms with Gasteiger partial charge in [0.1, 0.15) is 5.58 Å². The van der Waals surface area contributed by atoms with E-state index < -0.39 is 0 Å². The van der Waals surface area contributed by atoms with E-state index in [-0.39, 0.29) is 0 Å². The fraction of sp³-hybridized carbons (Fsp3) is 0.467. The smallest absolute Gasteiger partial charge is 0.199 e. The average Bonchev–Trinajstić information content (AvgIpc) is 2.69. The molecule has 0 saturated heterocycles. The molecule has 1 aromatic carbocycles. The Morgan fingerprint density at radius 1 is 1.33 bits per heavy atom. The molecule has 0 fully saturated rings. The molecule has 0 spiro atoms. The van der Waals surface area contributed by atoms with Crippen LogP contribution in [0.5, 0.6) is 0 Å². The van der Waals surface area contributed by atoms with Crippen molar-refractivity contribution in [3.63, 3.8) is 0 Å². The Bertz CT molecular complexity index is 506. The Morgan fingerprint density at radius 2 is 2.11 bits per heavy atom. The number of nitrogens with one attached hydrogen (secondary N) is 1. The van der Waals surface area contributed by atoms with E-state index in [0.29, 0.717) is 11.3 Å². The molecule has 2 nitrogen and oxygen atoms in total. The lowest BCUT2D eigenvalue weighted by molar-refractivity contribution is 0.493. The van der Waals surface area contributed by atoms with Gasteiger partial charge >= 0.3 is 0 Å². The van der Waals surface area contributed by atoms with Gasteiger partial charge in [-0.2, -0.15) is 0 Å². The highest BCUT2D eigenvalue weighted by molar-refractivity contribution is 6.30. The third kappa shape index (κ3) is 3.06. The lowest BCUT2D eigenvalue weighted by Gasteiger charge is -2.12. The van der Waals surface area contributed by atoms with Crippen molar-refractivity contribution in [1.82, 2.24) is 5.32 Å². The summed E-state index contributed by atoms with van der Waals surface area (Å²) in [6.45, 7) is 5.19. The third-order valence-electron chi connectivity index (χ3n) is 3.27. The van der Waals surface area contributed by atoms with Gasteiger partial charge in [0.05, 0.1) is 0 Å². The van der Waals surface area contributed by atoms with E-state index >= 15 is 0 Å². The minimum Gasteiger partial charge on any atom is -0.444 e. The summed E-state index contributed by atoms with van der Waals surface area (Å²) in [6.07, 6.45) is 3.69. The molecule has 0 saturated carbocycles. The van der Waals surface area contributed by atoms with Crippen LogP contribution in [0.4, 0.5) is 0 Å². The standard InChI is InChI=1S/C15H20ClNO/c1-3-4-7-11(2)17-10-13-12-8-5-6-9-14(12)18-15(13)16/h5-6,8-9,11,17H,3-4,7,10H2,1-2H3. The summed E-state index contributed by atoms with van der Waals surface area (Å²) in [5, 5.41) is 5.12. The molecule has 1 aromatic heterocycles. The van der Waals surface area contributed by atoms with Crippen LogP contribution in [0.25, 0.3) is 11.0 Å². The highest BCUT2D eigenvalue weighted by atomic mass is 35.5. The Kier molecular flexibility index (Phi) is 4.67. The number of hydrogen-bond acceptors (Lipinski definition) is 2. The topological polar surface area (TPSA) is 25.2 Å². The predicted molar refractivity (Wildman–Crippen MR) is 77.1 cm³/mol. The number of unbranched alkanes of at least 4 members (excludes halogenated alkanes) is 1. The Hall–Kier alpha value is -0.990. The van der Waals surface area contributed by atoms with E-state index in [4.69, 9.17) is 16.0 Å². The first-order valence-corrected chi connectivity index (χ1v) is 6.99. The van der Waals surface area contributed by atoms with Crippen molar-refractivity contribution < 1.29 is 4.42 Å². The molecular weight excluding hydrogens is 246 g/mol. The summed E-state index contributed by atoms with van der Waals surface area (Å²) in [5.41, 5.74) is 1.93. The molecule has 0 bridgehead atoms. The van der Waals surface area contributed by atoms with Gasteiger partial charge < -0.3 is 9.73 Å². The number of furan rings is 1. The number of rotatable bonds is 6. The van der Waals surface area contributed by atoms with Crippen molar-refractivity contribution in [2.45, 2.75) is 45.7 Å². The van der Waals surface area contributed by atoms with E-state index in [9.17, 15) is 0 Å². The number of fused-ring (bicyclic) bond motifs is 1. The van der Waals surface area contributed by atoms with Gasteiger partial charge in [-0.1, -0.05) is 38.0 Å². The summed E-state index contributed by atoms with van der Waals surface area (Å²) in [4.78, 5) is 0. The molecule has 1 N–H and O–H groups in total. The molecule has 0 radical (unpaired) electrons. The molecule has 1 heterocycles. The van der Waals surface area contributed by atoms with Crippen molar-refractivity contribution in [1.29, 1.82) is 0 Å². The minimum absolute atomic E-state index is 0.506. The van der Waals surface area contributed by atoms with Gasteiger partial charge in [-0.15, -0.1) is 0 Å². The lowest BCUT2D eigenvalue weighted by Crippen LogP contribution is -2.25. The average molecular weight is 266 g/mol. The monoisotopic (exact) mass is 265 g/mol. The zero-order valence-electron chi connectivity index (χ0n) is 11.0. The van der Waals surface area contributed by atoms with Gasteiger partial charge in [0.25, 0.3) is 0 Å². The maximum Gasteiger partial charge on any atom is 0.199 e. The lowest BCUT2D eigenvalue weighted by atomic mass is 10.1. The zero-order valence-corrected chi connectivity index (χ0v) is 11.8. The van der Waals surface area contributed by atoms with Crippen molar-refractivity contribution in [2.24, 2.45) is 0 Å². The molecule has 0 amide bonds. The van der Waals surface area contributed by atoms with Crippen LogP contribution in [0.2, 0.25) is 5.22 Å². The van der Waals surface area contributed by atoms with Gasteiger partial charge in [-0.05, 0) is 31.0 Å². The molecule has 98 valence electrons. The van der Waals surface area contributed by atoms with Gasteiger partial charge in [-0.3, -0.25) is 0 Å². The summed E-state index contributed by atoms with van der Waals surface area (Å²) < 4.78 is 5.54. The SMILES string of the molecule is CCCCC(C)NCc1c(Cl)oc2ccccc12. The van der Waals surface area contributed by atoms with Crippen LogP contribution < -0.4 is 5.32 Å². The van der Waals surface area contributed by atoms with Gasteiger partial charge in [-0.25, -0.2) is 0 Å². The van der Waals surface area contributed by atoms with Crippen molar-refractivity contribution in [3.05, 3.63) is 35.0 Å². The fourth-order valence-corrected chi connectivity index (χ4v) is 2.37. The van der Waals surface area contributed by atoms with Gasteiger partial charge in [0.15, 0.2) is 5.22 Å². The first kappa shape index (κ1) is 13.4. The second kappa shape index (κ2) is 6.26. The first-order chi connectivity index (χ1) is 8.72. The van der Waals surface area contributed by atoms with E-state index in [1.165, 1.54) is 19.3 Å². The number of para-hydroxylation sites is 1. The van der Waals surface area contributed by atoms with E-state index in [0.717, 1.165) is 23.1 Å². The quantitative estimate of drug-likeness (QED) is 0.815. The third-order valence-corrected chi connectivity index (χ3v) is 3.57. The van der Waals surface area contributed by atoms with Crippen LogP contribution >= 0.6 is 11.6 Å². The van der Waals surface area contributed by atoms with Crippen molar-refractivity contribution in [2.75, 3.05) is 0 Å². The van der Waals surface area contributed by atoms with Crippen LogP contribution in [-0.4, -0.2) is 6.04 Å². The second-order valence-electron chi connectivity index (χ2n) is 4.77. The summed E-state index contributed by atoms with van der Waals surface area (Å²) >= 11 is 6.15. The molecule has 1 atom stereocenters. The Balaban J connectivity index is 2.05. The van der Waals surface area contributed by atoms with E-state index in [1.54, 1.807) is 0 Å². The summed E-state index contributed by atoms with van der Waals surface area (Å²) in [7, 11) is 0. The van der Waals surface area contributed by atoms with Gasteiger partial charge in [0, 0.05) is 23.5 Å². The molecule has 0 aliphatic heterocycles. The molecule has 2 rings (SSSR count). The van der Waals surface area contributed by atoms with Crippen LogP contribution in [-0.2, 0) is 6.54 Å². The summed E-state index contributed by atoms with van der Waals surface area (Å²) in [5.74, 6) is 0. The predicted octanol–water partition coefficient (Wildman–Crippen LogP) is 4.75. The Labute approximate surface area is 113 Å². The number of benzene rings is 1. The first-order valence-electron chi connectivity index (χ1n) is 6.61. The largest absolute Gasteiger partial charge is 0.444 e. The maximum atomic E-state index is 6.15. The highest BCUT2D eigenvalue weighted by Gasteiger charge is 2.12. The number of hydrogen-bond donors (Lipinski definition) is 1. The van der Waals surface area contributed by atoms with Crippen molar-refractivity contribution in [3.8, 4) is 0 Å². The summed E-state index contributed by atoms with van der Waals surface area (Å²) in [6, 6.07) is 8.49. The van der Waals surface area contributed by atoms with Crippen LogP contribution in [0.1, 0.15) is 38.7 Å². The van der Waals surface area contributed by atoms with Crippen LogP contribution in [0.15, 0.2) is 28.7 Å². The molecule has 2 aromatic rings. The molecule has 0 aliphatic rings. The molecular formula is C15H20ClNO. The van der Waals surface area contributed by atoms with Crippen molar-refractivity contribution >= 4 is 22.6 Å². The molecule has 18 heavy (non-hydrogen) atoms. The van der Waals surface area contributed by atoms with Crippen LogP contribution in [0, 0.1) is 0 Å². The zero-order chi connectivity index (χ0) is 13.0. The normalized spacial score (nSPS) is 13.1. The fourth-order valence-electron chi connectivity index (χ4n) is 2.12. The van der Waals surface area contributed by atoms with E-state index in [2.05, 4.69) is 25.2 Å². The number of halogens is 1. The maximum absolute atomic E-state index is 6.15. The minimum atomic E-state index is 0.506. The second-order valence-corrected chi connectivity index (χ2v) is 5.12. The molecule has 3 heteroatoms. The molecule has 0 aliphatic carbocycles. The van der Waals surface area contributed by atoms with E-state index in [1.807, 2.05) is 18.2 Å². The van der Waals surface area contributed by atoms with Gasteiger partial charge in [0.2, 0.25) is 0 Å². The Morgan fingerprint density at radius 3 is 2.89 bits per heavy atom. The highest BCUT2D eigenvalue weighted by Crippen LogP contribution is 2.29. The van der Waals surface area contributed by atoms with Crippen LogP contribution in [0.3, 0.4) is 0 Å². The molecule has 1 unspecified atom stereocenters.